The summed E-state index contributed by atoms with van der Waals surface area (Å²) in [5.41, 5.74) is 3.16. The van der Waals surface area contributed by atoms with E-state index in [1.807, 2.05) is 26.8 Å². The average Bonchev–Trinajstić information content (AvgIpc) is 3.19. The summed E-state index contributed by atoms with van der Waals surface area (Å²) in [5.74, 6) is 0.263. The second-order valence-electron chi connectivity index (χ2n) is 9.92. The Hall–Kier alpha value is -3.33. The van der Waals surface area contributed by atoms with E-state index >= 15 is 0 Å². The summed E-state index contributed by atoms with van der Waals surface area (Å²) in [6.45, 7) is 7.34. The number of pyridine rings is 2. The summed E-state index contributed by atoms with van der Waals surface area (Å²) < 4.78 is 39.8. The molecule has 3 aromatic heterocycles. The van der Waals surface area contributed by atoms with E-state index in [1.54, 1.807) is 13.1 Å². The van der Waals surface area contributed by atoms with Crippen LogP contribution in [0.5, 0.6) is 0 Å². The van der Waals surface area contributed by atoms with Crippen molar-refractivity contribution in [1.29, 1.82) is 0 Å². The maximum Gasteiger partial charge on any atom is 0.417 e. The van der Waals surface area contributed by atoms with E-state index in [-0.39, 0.29) is 23.9 Å². The molecule has 0 amide bonds. The second-order valence-corrected chi connectivity index (χ2v) is 9.92. The molecule has 1 N–H and O–H groups in total. The van der Waals surface area contributed by atoms with Crippen LogP contribution in [0.2, 0.25) is 0 Å². The molecule has 190 valence electrons. The Balaban J connectivity index is 1.47. The maximum atomic E-state index is 13.0. The third-order valence-corrected chi connectivity index (χ3v) is 6.82. The zero-order valence-corrected chi connectivity index (χ0v) is 20.7. The molecular formula is C27H29F3N4O2. The fourth-order valence-corrected chi connectivity index (χ4v) is 4.63. The molecule has 6 nitrogen and oxygen atoms in total. The molecule has 0 spiro atoms. The monoisotopic (exact) mass is 498 g/mol. The van der Waals surface area contributed by atoms with Crippen LogP contribution < -0.4 is 0 Å². The molecule has 0 bridgehead atoms. The van der Waals surface area contributed by atoms with Gasteiger partial charge >= 0.3 is 6.18 Å². The van der Waals surface area contributed by atoms with Crippen molar-refractivity contribution in [2.24, 2.45) is 5.92 Å². The van der Waals surface area contributed by atoms with E-state index in [9.17, 15) is 23.1 Å². The average molecular weight is 499 g/mol. The Labute approximate surface area is 207 Å². The van der Waals surface area contributed by atoms with Crippen molar-refractivity contribution in [1.82, 2.24) is 19.7 Å². The predicted molar refractivity (Wildman–Crippen MR) is 130 cm³/mol. The molecule has 0 aliphatic heterocycles. The standard InChI is InChI=1S/C27H29F3N4O2/c1-16-11-18(13-32-25(16)19-5-7-20(8-6-19)26(3,4)36)12-23(35)22-15-33-34(17(22)2)24-10-9-21(14-31-24)27(28,29)30/h5,9-11,13-15,20,36H,6-8,12H2,1-4H3. The van der Waals surface area contributed by atoms with Gasteiger partial charge < -0.3 is 5.11 Å². The lowest BCUT2D eigenvalue weighted by Gasteiger charge is -2.32. The lowest BCUT2D eigenvalue weighted by Crippen LogP contribution is -2.31. The van der Waals surface area contributed by atoms with Gasteiger partial charge in [-0.05, 0) is 81.7 Å². The third-order valence-electron chi connectivity index (χ3n) is 6.82. The quantitative estimate of drug-likeness (QED) is 0.443. The highest BCUT2D eigenvalue weighted by Crippen LogP contribution is 2.36. The molecule has 1 aliphatic rings. The minimum Gasteiger partial charge on any atom is -0.390 e. The van der Waals surface area contributed by atoms with E-state index in [0.717, 1.165) is 53.9 Å². The Kier molecular flexibility index (Phi) is 6.88. The van der Waals surface area contributed by atoms with Gasteiger partial charge in [-0.1, -0.05) is 12.1 Å². The summed E-state index contributed by atoms with van der Waals surface area (Å²) in [5, 5.41) is 14.4. The zero-order valence-electron chi connectivity index (χ0n) is 20.7. The number of aryl methyl sites for hydroxylation is 1. The Bertz CT molecular complexity index is 1300. The van der Waals surface area contributed by atoms with Crippen LogP contribution >= 0.6 is 0 Å². The molecule has 0 saturated carbocycles. The molecule has 0 fully saturated rings. The minimum atomic E-state index is -4.47. The Morgan fingerprint density at radius 3 is 2.44 bits per heavy atom. The smallest absolute Gasteiger partial charge is 0.390 e. The molecule has 3 heterocycles. The second kappa shape index (κ2) is 9.61. The van der Waals surface area contributed by atoms with Crippen molar-refractivity contribution < 1.29 is 23.1 Å². The van der Waals surface area contributed by atoms with Crippen LogP contribution in [0.3, 0.4) is 0 Å². The summed E-state index contributed by atoms with van der Waals surface area (Å²) in [7, 11) is 0. The maximum absolute atomic E-state index is 13.0. The van der Waals surface area contributed by atoms with Crippen LogP contribution in [-0.4, -0.2) is 36.2 Å². The fourth-order valence-electron chi connectivity index (χ4n) is 4.63. The van der Waals surface area contributed by atoms with Gasteiger partial charge in [0.05, 0.1) is 34.3 Å². The molecule has 3 aromatic rings. The first-order valence-electron chi connectivity index (χ1n) is 11.8. The number of alkyl halides is 3. The van der Waals surface area contributed by atoms with Crippen molar-refractivity contribution in [2.45, 2.75) is 65.2 Å². The van der Waals surface area contributed by atoms with Gasteiger partial charge in [0.2, 0.25) is 0 Å². The summed E-state index contributed by atoms with van der Waals surface area (Å²) in [6.07, 6.45) is 4.22. The highest BCUT2D eigenvalue weighted by molar-refractivity contribution is 5.98. The van der Waals surface area contributed by atoms with E-state index in [0.29, 0.717) is 11.3 Å². The normalized spacial score (nSPS) is 16.7. The number of allylic oxidation sites excluding steroid dienone is 2. The molecule has 1 atom stereocenters. The Morgan fingerprint density at radius 1 is 1.14 bits per heavy atom. The molecule has 1 unspecified atom stereocenters. The number of carbonyl (C=O) groups excluding carboxylic acids is 1. The van der Waals surface area contributed by atoms with Crippen LogP contribution in [0.25, 0.3) is 11.4 Å². The number of hydrogen-bond donors (Lipinski definition) is 1. The predicted octanol–water partition coefficient (Wildman–Crippen LogP) is 5.68. The number of Topliss-reactive ketones (excluding diaryl/α,β-unsaturated/α-hetero) is 1. The molecule has 9 heteroatoms. The number of nitrogens with zero attached hydrogens (tertiary/aromatic N) is 4. The van der Waals surface area contributed by atoms with Gasteiger partial charge in [-0.25, -0.2) is 9.67 Å². The van der Waals surface area contributed by atoms with Crippen molar-refractivity contribution in [2.75, 3.05) is 0 Å². The highest BCUT2D eigenvalue weighted by Gasteiger charge is 2.31. The number of carbonyl (C=O) groups is 1. The number of rotatable bonds is 6. The van der Waals surface area contributed by atoms with Crippen LogP contribution in [0.4, 0.5) is 13.2 Å². The molecule has 1 aliphatic carbocycles. The number of ketones is 1. The van der Waals surface area contributed by atoms with Gasteiger partial charge in [0.15, 0.2) is 11.6 Å². The Morgan fingerprint density at radius 2 is 1.89 bits per heavy atom. The summed E-state index contributed by atoms with van der Waals surface area (Å²) in [6, 6.07) is 4.13. The van der Waals surface area contributed by atoms with E-state index in [1.165, 1.54) is 16.9 Å². The molecule has 36 heavy (non-hydrogen) atoms. The molecule has 0 saturated heterocycles. The van der Waals surface area contributed by atoms with Crippen molar-refractivity contribution in [3.05, 3.63) is 76.5 Å². The SMILES string of the molecule is Cc1cc(CC(=O)c2cnn(-c3ccc(C(F)(F)F)cn3)c2C)cnc1C1=CCC(C(C)(C)O)CC1. The topological polar surface area (TPSA) is 80.9 Å². The van der Waals surface area contributed by atoms with Crippen molar-refractivity contribution in [3.63, 3.8) is 0 Å². The number of aliphatic hydroxyl groups is 1. The molecule has 4 rings (SSSR count). The zero-order chi connectivity index (χ0) is 26.3. The van der Waals surface area contributed by atoms with Gasteiger partial charge in [0.1, 0.15) is 0 Å². The fraction of sp³-hybridized carbons (Fsp3) is 0.407. The van der Waals surface area contributed by atoms with Crippen LogP contribution in [-0.2, 0) is 12.6 Å². The molecule has 0 aromatic carbocycles. The highest BCUT2D eigenvalue weighted by atomic mass is 19.4. The van der Waals surface area contributed by atoms with Crippen LogP contribution in [0, 0.1) is 19.8 Å². The minimum absolute atomic E-state index is 0.126. The molecular weight excluding hydrogens is 469 g/mol. The van der Waals surface area contributed by atoms with Gasteiger partial charge in [-0.2, -0.15) is 18.3 Å². The number of hydrogen-bond acceptors (Lipinski definition) is 5. The van der Waals surface area contributed by atoms with Crippen molar-refractivity contribution in [3.8, 4) is 5.82 Å². The first-order chi connectivity index (χ1) is 16.8. The number of aromatic nitrogens is 4. The van der Waals surface area contributed by atoms with E-state index in [2.05, 4.69) is 21.1 Å². The van der Waals surface area contributed by atoms with Crippen molar-refractivity contribution >= 4 is 11.4 Å². The van der Waals surface area contributed by atoms with E-state index in [4.69, 9.17) is 0 Å². The summed E-state index contributed by atoms with van der Waals surface area (Å²) >= 11 is 0. The van der Waals surface area contributed by atoms with Crippen LogP contribution in [0.1, 0.15) is 71.5 Å². The number of halogens is 3. The van der Waals surface area contributed by atoms with Gasteiger partial charge in [-0.15, -0.1) is 0 Å². The largest absolute Gasteiger partial charge is 0.417 e. The van der Waals surface area contributed by atoms with E-state index < -0.39 is 17.3 Å². The lowest BCUT2D eigenvalue weighted by molar-refractivity contribution is -0.137. The first-order valence-corrected chi connectivity index (χ1v) is 11.8. The third kappa shape index (κ3) is 5.41. The van der Waals surface area contributed by atoms with Gasteiger partial charge in [-0.3, -0.25) is 9.78 Å². The molecule has 0 radical (unpaired) electrons. The van der Waals surface area contributed by atoms with Crippen LogP contribution in [0.15, 0.2) is 42.9 Å². The first kappa shape index (κ1) is 25.8. The summed E-state index contributed by atoms with van der Waals surface area (Å²) in [4.78, 5) is 21.5. The lowest BCUT2D eigenvalue weighted by atomic mass is 9.78. The van der Waals surface area contributed by atoms with Gasteiger partial charge in [0, 0.05) is 18.8 Å². The van der Waals surface area contributed by atoms with Gasteiger partial charge in [0.25, 0.3) is 0 Å².